The average Bonchev–Trinajstić information content (AvgIpc) is 3.49. The lowest BCUT2D eigenvalue weighted by Crippen LogP contribution is -2.32. The van der Waals surface area contributed by atoms with E-state index in [4.69, 9.17) is 19.7 Å². The Bertz CT molecular complexity index is 2470. The lowest BCUT2D eigenvalue weighted by Gasteiger charge is -2.40. The summed E-state index contributed by atoms with van der Waals surface area (Å²) in [5, 5.41) is 0. The van der Waals surface area contributed by atoms with Crippen molar-refractivity contribution in [3.8, 4) is 67.9 Å². The Morgan fingerprint density at radius 1 is 0.360 bits per heavy atom. The smallest absolute Gasteiger partial charge is 0.164 e. The predicted molar refractivity (Wildman–Crippen MR) is 197 cm³/mol. The minimum atomic E-state index is -0.646. The van der Waals surface area contributed by atoms with Crippen molar-refractivity contribution in [1.82, 2.24) is 19.9 Å². The molecular weight excluding hydrogens is 613 g/mol. The lowest BCUT2D eigenvalue weighted by molar-refractivity contribution is 0.436. The maximum absolute atomic E-state index is 6.80. The van der Waals surface area contributed by atoms with E-state index in [1.165, 1.54) is 22.3 Å². The molecule has 8 aromatic rings. The molecule has 234 valence electrons. The van der Waals surface area contributed by atoms with Gasteiger partial charge in [0.2, 0.25) is 0 Å². The second-order valence-corrected chi connectivity index (χ2v) is 12.6. The Balaban J connectivity index is 1.25. The molecule has 5 nitrogen and oxygen atoms in total. The number of hydrogen-bond donors (Lipinski definition) is 0. The van der Waals surface area contributed by atoms with E-state index < -0.39 is 5.41 Å². The van der Waals surface area contributed by atoms with Crippen LogP contribution >= 0.6 is 0 Å². The summed E-state index contributed by atoms with van der Waals surface area (Å²) in [4.78, 5) is 19.4. The Hall–Kier alpha value is -6.72. The summed E-state index contributed by atoms with van der Waals surface area (Å²) < 4.78 is 6.80. The van der Waals surface area contributed by atoms with Gasteiger partial charge in [0, 0.05) is 40.2 Å². The molecule has 2 aliphatic rings. The van der Waals surface area contributed by atoms with E-state index in [0.717, 1.165) is 50.4 Å². The van der Waals surface area contributed by atoms with Gasteiger partial charge in [-0.05, 0) is 75.8 Å². The third kappa shape index (κ3) is 4.27. The molecule has 1 aliphatic carbocycles. The number of benzene rings is 6. The van der Waals surface area contributed by atoms with Crippen molar-refractivity contribution in [2.45, 2.75) is 5.41 Å². The van der Waals surface area contributed by atoms with Gasteiger partial charge in [0.05, 0.1) is 5.41 Å². The summed E-state index contributed by atoms with van der Waals surface area (Å²) in [5.41, 5.74) is 11.4. The highest BCUT2D eigenvalue weighted by molar-refractivity contribution is 5.89. The van der Waals surface area contributed by atoms with Crippen LogP contribution in [0.15, 0.2) is 170 Å². The third-order valence-corrected chi connectivity index (χ3v) is 9.91. The molecule has 0 saturated heterocycles. The summed E-state index contributed by atoms with van der Waals surface area (Å²) in [6.45, 7) is 0. The van der Waals surface area contributed by atoms with Gasteiger partial charge in [-0.2, -0.15) is 0 Å². The van der Waals surface area contributed by atoms with Crippen LogP contribution < -0.4 is 4.74 Å². The van der Waals surface area contributed by atoms with Crippen LogP contribution in [-0.4, -0.2) is 19.9 Å². The van der Waals surface area contributed by atoms with Gasteiger partial charge in [-0.15, -0.1) is 0 Å². The fourth-order valence-corrected chi connectivity index (χ4v) is 7.70. The van der Waals surface area contributed by atoms with Crippen LogP contribution in [-0.2, 0) is 5.41 Å². The highest BCUT2D eigenvalue weighted by Crippen LogP contribution is 2.62. The monoisotopic (exact) mass is 640 g/mol. The van der Waals surface area contributed by atoms with Gasteiger partial charge in [0.1, 0.15) is 11.5 Å². The van der Waals surface area contributed by atoms with Gasteiger partial charge in [-0.1, -0.05) is 115 Å². The molecule has 6 aromatic carbocycles. The minimum Gasteiger partial charge on any atom is -0.457 e. The molecular formula is C45H28N4O. The summed E-state index contributed by atoms with van der Waals surface area (Å²) in [7, 11) is 0. The first kappa shape index (κ1) is 28.3. The molecule has 0 saturated carbocycles. The van der Waals surface area contributed by atoms with Crippen LogP contribution in [0.4, 0.5) is 0 Å². The van der Waals surface area contributed by atoms with Crippen molar-refractivity contribution in [3.63, 3.8) is 0 Å². The molecule has 50 heavy (non-hydrogen) atoms. The molecule has 0 N–H and O–H groups in total. The fraction of sp³-hybridized carbons (Fsp3) is 0.0222. The van der Waals surface area contributed by atoms with Gasteiger partial charge in [0.25, 0.3) is 0 Å². The van der Waals surface area contributed by atoms with Crippen LogP contribution in [0.3, 0.4) is 0 Å². The SMILES string of the molecule is c1ccc(-c2nc(-c3ccccc3)nc(-c3ccc4c(c3)C3(c5cc(-c6ccncc6)ccc5O4)c4ccccc4-c4ccccc43)n2)cc1. The first-order valence-corrected chi connectivity index (χ1v) is 16.7. The molecule has 2 aromatic heterocycles. The van der Waals surface area contributed by atoms with Crippen molar-refractivity contribution >= 4 is 0 Å². The van der Waals surface area contributed by atoms with E-state index in [1.807, 2.05) is 73.1 Å². The van der Waals surface area contributed by atoms with Crippen LogP contribution in [0, 0.1) is 0 Å². The van der Waals surface area contributed by atoms with Crippen molar-refractivity contribution in [3.05, 3.63) is 192 Å². The lowest BCUT2D eigenvalue weighted by atomic mass is 9.65. The molecule has 10 rings (SSSR count). The van der Waals surface area contributed by atoms with E-state index in [1.54, 1.807) is 0 Å². The Labute approximate surface area is 289 Å². The number of ether oxygens (including phenoxy) is 1. The Morgan fingerprint density at radius 3 is 1.38 bits per heavy atom. The topological polar surface area (TPSA) is 60.8 Å². The average molecular weight is 641 g/mol. The molecule has 3 heterocycles. The van der Waals surface area contributed by atoms with Crippen molar-refractivity contribution in [1.29, 1.82) is 0 Å². The second kappa shape index (κ2) is 11.2. The van der Waals surface area contributed by atoms with E-state index in [9.17, 15) is 0 Å². The van der Waals surface area contributed by atoms with Crippen LogP contribution in [0.5, 0.6) is 11.5 Å². The number of pyridine rings is 1. The zero-order valence-electron chi connectivity index (χ0n) is 26.9. The van der Waals surface area contributed by atoms with Crippen LogP contribution in [0.2, 0.25) is 0 Å². The molecule has 1 aliphatic heterocycles. The van der Waals surface area contributed by atoms with E-state index in [2.05, 4.69) is 102 Å². The number of hydrogen-bond acceptors (Lipinski definition) is 5. The van der Waals surface area contributed by atoms with Gasteiger partial charge in [-0.3, -0.25) is 4.98 Å². The first-order chi connectivity index (χ1) is 24.8. The maximum atomic E-state index is 6.80. The van der Waals surface area contributed by atoms with Crippen molar-refractivity contribution in [2.24, 2.45) is 0 Å². The molecule has 5 heteroatoms. The number of rotatable bonds is 4. The van der Waals surface area contributed by atoms with Crippen LogP contribution in [0.1, 0.15) is 22.3 Å². The highest BCUT2D eigenvalue weighted by Gasteiger charge is 2.51. The molecule has 0 radical (unpaired) electrons. The molecule has 0 bridgehead atoms. The maximum Gasteiger partial charge on any atom is 0.164 e. The van der Waals surface area contributed by atoms with Crippen LogP contribution in [0.25, 0.3) is 56.4 Å². The molecule has 0 unspecified atom stereocenters. The van der Waals surface area contributed by atoms with Gasteiger partial charge < -0.3 is 4.74 Å². The molecule has 0 fully saturated rings. The Kier molecular flexibility index (Phi) is 6.33. The fourth-order valence-electron chi connectivity index (χ4n) is 7.70. The summed E-state index contributed by atoms with van der Waals surface area (Å²) in [5.74, 6) is 3.51. The third-order valence-electron chi connectivity index (χ3n) is 9.91. The number of aromatic nitrogens is 4. The summed E-state index contributed by atoms with van der Waals surface area (Å²) in [6.07, 6.45) is 3.68. The number of fused-ring (bicyclic) bond motifs is 9. The van der Waals surface area contributed by atoms with Crippen molar-refractivity contribution < 1.29 is 4.74 Å². The van der Waals surface area contributed by atoms with Gasteiger partial charge >= 0.3 is 0 Å². The minimum absolute atomic E-state index is 0.603. The van der Waals surface area contributed by atoms with E-state index in [-0.39, 0.29) is 0 Å². The van der Waals surface area contributed by atoms with Crippen molar-refractivity contribution in [2.75, 3.05) is 0 Å². The largest absolute Gasteiger partial charge is 0.457 e. The standard InChI is InChI=1S/C45H28N4O/c1-3-11-30(12-4-1)42-47-43(31-13-5-2-6-14-31)49-44(48-42)33-20-22-41-39(28-33)45(36-17-9-7-15-34(36)35-16-8-10-18-37(35)45)38-27-32(19-21-40(38)50-41)29-23-25-46-26-24-29/h1-28H. The molecule has 1 spiro atoms. The molecule has 0 amide bonds. The van der Waals surface area contributed by atoms with Gasteiger partial charge in [-0.25, -0.2) is 15.0 Å². The quantitative estimate of drug-likeness (QED) is 0.192. The zero-order chi connectivity index (χ0) is 33.1. The Morgan fingerprint density at radius 2 is 0.820 bits per heavy atom. The predicted octanol–water partition coefficient (Wildman–Crippen LogP) is 10.4. The van der Waals surface area contributed by atoms with E-state index >= 15 is 0 Å². The summed E-state index contributed by atoms with van der Waals surface area (Å²) >= 11 is 0. The second-order valence-electron chi connectivity index (χ2n) is 12.6. The van der Waals surface area contributed by atoms with E-state index in [0.29, 0.717) is 17.5 Å². The highest BCUT2D eigenvalue weighted by atomic mass is 16.5. The first-order valence-electron chi connectivity index (χ1n) is 16.7. The number of nitrogens with zero attached hydrogens (tertiary/aromatic N) is 4. The van der Waals surface area contributed by atoms with Gasteiger partial charge in [0.15, 0.2) is 17.5 Å². The molecule has 0 atom stereocenters. The zero-order valence-corrected chi connectivity index (χ0v) is 26.9. The summed E-state index contributed by atoms with van der Waals surface area (Å²) in [6, 6.07) is 54.7. The normalized spacial score (nSPS) is 13.1.